The monoisotopic (exact) mass is 394 g/mol. The molecular formula is C24H30N2O3. The maximum atomic E-state index is 13.0. The number of benzene rings is 2. The highest BCUT2D eigenvalue weighted by atomic mass is 16.5. The number of hydrogen-bond donors (Lipinski definition) is 1. The third-order valence-electron chi connectivity index (χ3n) is 5.08. The fraction of sp³-hybridized carbons (Fsp3) is 0.417. The topological polar surface area (TPSA) is 58.6 Å². The van der Waals surface area contributed by atoms with Gasteiger partial charge in [0.25, 0.3) is 0 Å². The van der Waals surface area contributed by atoms with E-state index < -0.39 is 6.04 Å². The van der Waals surface area contributed by atoms with Crippen molar-refractivity contribution in [2.75, 3.05) is 0 Å². The first-order valence-electron chi connectivity index (χ1n) is 10.4. The van der Waals surface area contributed by atoms with E-state index in [2.05, 4.69) is 5.32 Å². The van der Waals surface area contributed by atoms with Gasteiger partial charge in [-0.05, 0) is 49.9 Å². The van der Waals surface area contributed by atoms with Crippen LogP contribution in [-0.4, -0.2) is 28.9 Å². The molecule has 1 heterocycles. The van der Waals surface area contributed by atoms with Crippen molar-refractivity contribution in [1.29, 1.82) is 0 Å². The normalized spacial score (nSPS) is 17.1. The third kappa shape index (κ3) is 6.08. The highest BCUT2D eigenvalue weighted by Crippen LogP contribution is 2.21. The summed E-state index contributed by atoms with van der Waals surface area (Å²) in [5.74, 6) is 0.791. The average Bonchev–Trinajstić information content (AvgIpc) is 2.89. The van der Waals surface area contributed by atoms with E-state index >= 15 is 0 Å². The molecule has 3 rings (SSSR count). The van der Waals surface area contributed by atoms with Gasteiger partial charge in [-0.1, -0.05) is 48.9 Å². The van der Waals surface area contributed by atoms with E-state index in [1.807, 2.05) is 68.4 Å². The van der Waals surface area contributed by atoms with E-state index in [0.717, 1.165) is 29.7 Å². The first-order chi connectivity index (χ1) is 14.0. The Hall–Kier alpha value is -2.82. The van der Waals surface area contributed by atoms with Crippen LogP contribution >= 0.6 is 0 Å². The molecule has 5 nitrogen and oxygen atoms in total. The number of nitrogens with one attached hydrogen (secondary N) is 1. The van der Waals surface area contributed by atoms with E-state index in [1.54, 1.807) is 4.90 Å². The summed E-state index contributed by atoms with van der Waals surface area (Å²) < 4.78 is 5.65. The number of carbonyl (C=O) groups is 2. The van der Waals surface area contributed by atoms with Gasteiger partial charge in [0.15, 0.2) is 0 Å². The lowest BCUT2D eigenvalue weighted by Gasteiger charge is -2.29. The average molecular weight is 395 g/mol. The summed E-state index contributed by atoms with van der Waals surface area (Å²) in [6.07, 6.45) is 3.06. The molecule has 1 fully saturated rings. The second-order valence-corrected chi connectivity index (χ2v) is 7.80. The molecule has 5 heteroatoms. The molecule has 1 atom stereocenters. The van der Waals surface area contributed by atoms with Crippen molar-refractivity contribution >= 4 is 11.8 Å². The minimum Gasteiger partial charge on any atom is -0.491 e. The zero-order valence-corrected chi connectivity index (χ0v) is 17.3. The molecule has 2 aromatic rings. The van der Waals surface area contributed by atoms with Crippen LogP contribution in [0.3, 0.4) is 0 Å². The van der Waals surface area contributed by atoms with Crippen LogP contribution in [0.25, 0.3) is 0 Å². The maximum absolute atomic E-state index is 13.0. The highest BCUT2D eigenvalue weighted by Gasteiger charge is 2.31. The lowest BCUT2D eigenvalue weighted by molar-refractivity contribution is -0.140. The summed E-state index contributed by atoms with van der Waals surface area (Å²) in [6.45, 7) is 4.89. The van der Waals surface area contributed by atoms with Crippen LogP contribution in [0.4, 0.5) is 0 Å². The lowest BCUT2D eigenvalue weighted by atomic mass is 10.1. The van der Waals surface area contributed by atoms with Crippen LogP contribution in [0.5, 0.6) is 5.75 Å². The summed E-state index contributed by atoms with van der Waals surface area (Å²) >= 11 is 0. The van der Waals surface area contributed by atoms with Gasteiger partial charge in [0.2, 0.25) is 11.8 Å². The number of hydrogen-bond acceptors (Lipinski definition) is 3. The smallest absolute Gasteiger partial charge is 0.243 e. The lowest BCUT2D eigenvalue weighted by Crippen LogP contribution is -2.48. The van der Waals surface area contributed by atoms with Gasteiger partial charge >= 0.3 is 0 Å². The van der Waals surface area contributed by atoms with Gasteiger partial charge < -0.3 is 15.0 Å². The molecule has 0 aliphatic carbocycles. The molecule has 1 aliphatic heterocycles. The minimum atomic E-state index is -0.422. The molecule has 1 saturated heterocycles. The van der Waals surface area contributed by atoms with Crippen LogP contribution in [0, 0.1) is 0 Å². The Balaban J connectivity index is 1.64. The van der Waals surface area contributed by atoms with Gasteiger partial charge in [0, 0.05) is 19.5 Å². The number of rotatable bonds is 7. The number of likely N-dealkylation sites (tertiary alicyclic amines) is 1. The number of amides is 2. The van der Waals surface area contributed by atoms with E-state index in [9.17, 15) is 9.59 Å². The van der Waals surface area contributed by atoms with Gasteiger partial charge in [-0.25, -0.2) is 0 Å². The zero-order chi connectivity index (χ0) is 20.6. The van der Waals surface area contributed by atoms with Crippen LogP contribution in [0.15, 0.2) is 54.6 Å². The minimum absolute atomic E-state index is 0.0571. The van der Waals surface area contributed by atoms with E-state index in [-0.39, 0.29) is 17.9 Å². The van der Waals surface area contributed by atoms with E-state index in [0.29, 0.717) is 25.9 Å². The molecule has 29 heavy (non-hydrogen) atoms. The fourth-order valence-corrected chi connectivity index (χ4v) is 3.60. The molecule has 0 spiro atoms. The molecule has 1 N–H and O–H groups in total. The van der Waals surface area contributed by atoms with E-state index in [4.69, 9.17) is 4.74 Å². The van der Waals surface area contributed by atoms with Gasteiger partial charge in [0.05, 0.1) is 6.10 Å². The largest absolute Gasteiger partial charge is 0.491 e. The van der Waals surface area contributed by atoms with Crippen LogP contribution in [-0.2, 0) is 22.7 Å². The standard InChI is InChI=1S/C24H30N2O3/c1-18(2)29-21-14-12-19(13-15-21)16-25-24(28)22-10-6-7-11-23(27)26(22)17-20-8-4-3-5-9-20/h3-5,8-9,12-15,18,22H,6-7,10-11,16-17H2,1-2H3,(H,25,28). The summed E-state index contributed by atoms with van der Waals surface area (Å²) in [5, 5.41) is 3.02. The molecule has 154 valence electrons. The van der Waals surface area contributed by atoms with Crippen molar-refractivity contribution in [3.8, 4) is 5.75 Å². The second kappa shape index (κ2) is 10.1. The van der Waals surface area contributed by atoms with Crippen molar-refractivity contribution in [3.63, 3.8) is 0 Å². The maximum Gasteiger partial charge on any atom is 0.243 e. The third-order valence-corrected chi connectivity index (χ3v) is 5.08. The van der Waals surface area contributed by atoms with E-state index in [1.165, 1.54) is 0 Å². The number of carbonyl (C=O) groups excluding carboxylic acids is 2. The summed E-state index contributed by atoms with van der Waals surface area (Å²) in [4.78, 5) is 27.4. The fourth-order valence-electron chi connectivity index (χ4n) is 3.60. The Kier molecular flexibility index (Phi) is 7.28. The van der Waals surface area contributed by atoms with Gasteiger partial charge in [0.1, 0.15) is 11.8 Å². The molecule has 1 aliphatic rings. The zero-order valence-electron chi connectivity index (χ0n) is 17.3. The molecule has 2 amide bonds. The quantitative estimate of drug-likeness (QED) is 0.770. The van der Waals surface area contributed by atoms with Crippen molar-refractivity contribution in [2.45, 2.75) is 64.8 Å². The molecular weight excluding hydrogens is 364 g/mol. The summed E-state index contributed by atoms with van der Waals surface area (Å²) in [6, 6.07) is 17.2. The molecule has 0 saturated carbocycles. The van der Waals surface area contributed by atoms with Gasteiger partial charge in [-0.15, -0.1) is 0 Å². The Morgan fingerprint density at radius 1 is 1.07 bits per heavy atom. The first-order valence-corrected chi connectivity index (χ1v) is 10.4. The van der Waals surface area contributed by atoms with Crippen LogP contribution in [0.1, 0.15) is 50.7 Å². The SMILES string of the molecule is CC(C)Oc1ccc(CNC(=O)C2CCCCC(=O)N2Cc2ccccc2)cc1. The second-order valence-electron chi connectivity index (χ2n) is 7.80. The number of ether oxygens (including phenoxy) is 1. The van der Waals surface area contributed by atoms with Crippen molar-refractivity contribution in [3.05, 3.63) is 65.7 Å². The molecule has 0 radical (unpaired) electrons. The van der Waals surface area contributed by atoms with Crippen molar-refractivity contribution in [2.24, 2.45) is 0 Å². The van der Waals surface area contributed by atoms with Crippen molar-refractivity contribution in [1.82, 2.24) is 10.2 Å². The molecule has 2 aromatic carbocycles. The predicted octanol–water partition coefficient (Wildman–Crippen LogP) is 4.06. The highest BCUT2D eigenvalue weighted by molar-refractivity contribution is 5.88. The number of nitrogens with zero attached hydrogens (tertiary/aromatic N) is 1. The van der Waals surface area contributed by atoms with Crippen LogP contribution < -0.4 is 10.1 Å². The predicted molar refractivity (Wildman–Crippen MR) is 113 cm³/mol. The summed E-state index contributed by atoms with van der Waals surface area (Å²) in [5.41, 5.74) is 2.05. The Bertz CT molecular complexity index is 803. The molecule has 1 unspecified atom stereocenters. The molecule has 0 aromatic heterocycles. The van der Waals surface area contributed by atoms with Gasteiger partial charge in [-0.2, -0.15) is 0 Å². The Labute approximate surface area is 173 Å². The summed E-state index contributed by atoms with van der Waals surface area (Å²) in [7, 11) is 0. The Morgan fingerprint density at radius 2 is 1.79 bits per heavy atom. The first kappa shape index (κ1) is 20.9. The van der Waals surface area contributed by atoms with Crippen LogP contribution in [0.2, 0.25) is 0 Å². The van der Waals surface area contributed by atoms with Gasteiger partial charge in [-0.3, -0.25) is 9.59 Å². The Morgan fingerprint density at radius 3 is 2.48 bits per heavy atom. The molecule has 0 bridgehead atoms. The van der Waals surface area contributed by atoms with Crippen molar-refractivity contribution < 1.29 is 14.3 Å².